The summed E-state index contributed by atoms with van der Waals surface area (Å²) >= 11 is 6.01. The van der Waals surface area contributed by atoms with E-state index in [1.54, 1.807) is 6.07 Å². The quantitative estimate of drug-likeness (QED) is 0.440. The van der Waals surface area contributed by atoms with Gasteiger partial charge in [-0.2, -0.15) is 5.10 Å². The Labute approximate surface area is 168 Å². The topological polar surface area (TPSA) is 58.1 Å². The van der Waals surface area contributed by atoms with E-state index in [0.29, 0.717) is 28.6 Å². The Bertz CT molecular complexity index is 1090. The van der Waals surface area contributed by atoms with Crippen molar-refractivity contribution in [3.05, 3.63) is 89.1 Å². The zero-order chi connectivity index (χ0) is 19.5. The van der Waals surface area contributed by atoms with Crippen molar-refractivity contribution in [3.8, 4) is 33.9 Å². The Hall–Kier alpha value is -3.24. The average Bonchev–Trinajstić information content (AvgIpc) is 3.09. The van der Waals surface area contributed by atoms with E-state index in [-0.39, 0.29) is 5.75 Å². The molecule has 5 heteroatoms. The third-order valence-corrected chi connectivity index (χ3v) is 4.80. The number of aromatic nitrogens is 2. The van der Waals surface area contributed by atoms with Gasteiger partial charge in [0.2, 0.25) is 0 Å². The molecule has 4 nitrogen and oxygen atoms in total. The van der Waals surface area contributed by atoms with Crippen LogP contribution in [0.1, 0.15) is 11.3 Å². The molecule has 0 atom stereocenters. The van der Waals surface area contributed by atoms with Gasteiger partial charge >= 0.3 is 0 Å². The number of phenols is 1. The summed E-state index contributed by atoms with van der Waals surface area (Å²) in [7, 11) is 0. The predicted molar refractivity (Wildman–Crippen MR) is 112 cm³/mol. The number of nitrogens with one attached hydrogen (secondary N) is 1. The van der Waals surface area contributed by atoms with Crippen molar-refractivity contribution in [2.45, 2.75) is 13.5 Å². The molecule has 3 aromatic carbocycles. The van der Waals surface area contributed by atoms with E-state index in [1.807, 2.05) is 73.7 Å². The van der Waals surface area contributed by atoms with Gasteiger partial charge in [-0.1, -0.05) is 54.1 Å². The van der Waals surface area contributed by atoms with Crippen molar-refractivity contribution in [1.29, 1.82) is 0 Å². The lowest BCUT2D eigenvalue weighted by Gasteiger charge is -2.10. The van der Waals surface area contributed by atoms with Gasteiger partial charge in [-0.05, 0) is 42.3 Å². The fourth-order valence-electron chi connectivity index (χ4n) is 3.14. The number of aromatic amines is 1. The normalized spacial score (nSPS) is 10.8. The standard InChI is InChI=1S/C23H19ClN2O2/c1-15-22(17-7-9-18(24)10-8-17)23(26-25-15)20-12-11-19(13-21(20)27)28-14-16-5-3-2-4-6-16/h2-13,27H,14H2,1H3,(H,25,26). The van der Waals surface area contributed by atoms with Crippen molar-refractivity contribution >= 4 is 11.6 Å². The third-order valence-electron chi connectivity index (χ3n) is 4.55. The Balaban J connectivity index is 1.63. The monoisotopic (exact) mass is 390 g/mol. The summed E-state index contributed by atoms with van der Waals surface area (Å²) in [6, 6.07) is 22.8. The van der Waals surface area contributed by atoms with Gasteiger partial charge in [-0.3, -0.25) is 5.10 Å². The zero-order valence-electron chi connectivity index (χ0n) is 15.3. The van der Waals surface area contributed by atoms with Crippen LogP contribution in [-0.4, -0.2) is 15.3 Å². The second-order valence-corrected chi connectivity index (χ2v) is 6.97. The number of hydrogen-bond donors (Lipinski definition) is 2. The number of hydrogen-bond acceptors (Lipinski definition) is 3. The fraction of sp³-hybridized carbons (Fsp3) is 0.0870. The van der Waals surface area contributed by atoms with Crippen LogP contribution in [0.5, 0.6) is 11.5 Å². The van der Waals surface area contributed by atoms with Crippen LogP contribution < -0.4 is 4.74 Å². The van der Waals surface area contributed by atoms with Crippen LogP contribution in [0.4, 0.5) is 0 Å². The number of aromatic hydroxyl groups is 1. The lowest BCUT2D eigenvalue weighted by molar-refractivity contribution is 0.304. The smallest absolute Gasteiger partial charge is 0.128 e. The first kappa shape index (κ1) is 18.1. The first-order valence-corrected chi connectivity index (χ1v) is 9.30. The van der Waals surface area contributed by atoms with Crippen molar-refractivity contribution in [3.63, 3.8) is 0 Å². The van der Waals surface area contributed by atoms with Crippen LogP contribution in [0.2, 0.25) is 5.02 Å². The Morgan fingerprint density at radius 3 is 2.46 bits per heavy atom. The Kier molecular flexibility index (Phi) is 5.04. The summed E-state index contributed by atoms with van der Waals surface area (Å²) in [6.45, 7) is 2.39. The molecule has 0 bridgehead atoms. The van der Waals surface area contributed by atoms with Crippen LogP contribution in [0.25, 0.3) is 22.4 Å². The summed E-state index contributed by atoms with van der Waals surface area (Å²) in [5.74, 6) is 0.720. The van der Waals surface area contributed by atoms with Gasteiger partial charge in [0.25, 0.3) is 0 Å². The maximum absolute atomic E-state index is 10.6. The zero-order valence-corrected chi connectivity index (χ0v) is 16.1. The van der Waals surface area contributed by atoms with Crippen LogP contribution in [-0.2, 0) is 6.61 Å². The number of rotatable bonds is 5. The summed E-state index contributed by atoms with van der Waals surface area (Å²) in [6.07, 6.45) is 0. The molecular weight excluding hydrogens is 372 g/mol. The molecule has 0 unspecified atom stereocenters. The fourth-order valence-corrected chi connectivity index (χ4v) is 3.26. The molecule has 0 aliphatic carbocycles. The number of nitrogens with zero attached hydrogens (tertiary/aromatic N) is 1. The summed E-state index contributed by atoms with van der Waals surface area (Å²) in [5, 5.41) is 18.7. The molecular formula is C23H19ClN2O2. The average molecular weight is 391 g/mol. The van der Waals surface area contributed by atoms with Gasteiger partial charge in [0, 0.05) is 27.9 Å². The molecule has 28 heavy (non-hydrogen) atoms. The highest BCUT2D eigenvalue weighted by Gasteiger charge is 2.17. The van der Waals surface area contributed by atoms with Crippen LogP contribution in [0, 0.1) is 6.92 Å². The van der Waals surface area contributed by atoms with Crippen LogP contribution >= 0.6 is 11.6 Å². The number of phenolic OH excluding ortho intramolecular Hbond substituents is 1. The highest BCUT2D eigenvalue weighted by atomic mass is 35.5. The van der Waals surface area contributed by atoms with E-state index in [2.05, 4.69) is 10.2 Å². The van der Waals surface area contributed by atoms with Crippen molar-refractivity contribution in [2.24, 2.45) is 0 Å². The molecule has 4 aromatic rings. The maximum atomic E-state index is 10.6. The first-order valence-electron chi connectivity index (χ1n) is 8.93. The van der Waals surface area contributed by atoms with E-state index in [1.165, 1.54) is 0 Å². The van der Waals surface area contributed by atoms with Gasteiger partial charge in [0.1, 0.15) is 23.8 Å². The van der Waals surface area contributed by atoms with Gasteiger partial charge in [0.05, 0.1) is 0 Å². The van der Waals surface area contributed by atoms with E-state index in [9.17, 15) is 5.11 Å². The molecule has 0 saturated carbocycles. The minimum absolute atomic E-state index is 0.118. The number of H-pyrrole nitrogens is 1. The van der Waals surface area contributed by atoms with E-state index < -0.39 is 0 Å². The van der Waals surface area contributed by atoms with E-state index >= 15 is 0 Å². The predicted octanol–water partition coefficient (Wildman–Crippen LogP) is 5.99. The maximum Gasteiger partial charge on any atom is 0.128 e. The molecule has 0 amide bonds. The third kappa shape index (κ3) is 3.73. The highest BCUT2D eigenvalue weighted by Crippen LogP contribution is 2.39. The van der Waals surface area contributed by atoms with Gasteiger partial charge in [-0.25, -0.2) is 0 Å². The van der Waals surface area contributed by atoms with Crippen molar-refractivity contribution < 1.29 is 9.84 Å². The molecule has 4 rings (SSSR count). The second kappa shape index (κ2) is 7.79. The lowest BCUT2D eigenvalue weighted by Crippen LogP contribution is -1.95. The number of halogens is 1. The molecule has 1 aromatic heterocycles. The Morgan fingerprint density at radius 1 is 1.00 bits per heavy atom. The van der Waals surface area contributed by atoms with Gasteiger partial charge < -0.3 is 9.84 Å². The SMILES string of the molecule is Cc1[nH]nc(-c2ccc(OCc3ccccc3)cc2O)c1-c1ccc(Cl)cc1. The van der Waals surface area contributed by atoms with Gasteiger partial charge in [-0.15, -0.1) is 0 Å². The summed E-state index contributed by atoms with van der Waals surface area (Å²) in [4.78, 5) is 0. The minimum Gasteiger partial charge on any atom is -0.507 e. The van der Waals surface area contributed by atoms with Crippen molar-refractivity contribution in [2.75, 3.05) is 0 Å². The molecule has 0 aliphatic rings. The molecule has 0 fully saturated rings. The number of benzene rings is 3. The summed E-state index contributed by atoms with van der Waals surface area (Å²) in [5.41, 5.74) is 5.23. The minimum atomic E-state index is 0.118. The Morgan fingerprint density at radius 2 is 1.75 bits per heavy atom. The number of aryl methyl sites for hydroxylation is 1. The van der Waals surface area contributed by atoms with E-state index in [0.717, 1.165) is 22.4 Å². The van der Waals surface area contributed by atoms with E-state index in [4.69, 9.17) is 16.3 Å². The summed E-state index contributed by atoms with van der Waals surface area (Å²) < 4.78 is 5.79. The molecule has 0 radical (unpaired) electrons. The number of ether oxygens (including phenoxy) is 1. The second-order valence-electron chi connectivity index (χ2n) is 6.53. The molecule has 2 N–H and O–H groups in total. The van der Waals surface area contributed by atoms with Crippen LogP contribution in [0.15, 0.2) is 72.8 Å². The molecule has 0 spiro atoms. The molecule has 1 heterocycles. The highest BCUT2D eigenvalue weighted by molar-refractivity contribution is 6.30. The van der Waals surface area contributed by atoms with Crippen LogP contribution in [0.3, 0.4) is 0 Å². The lowest BCUT2D eigenvalue weighted by atomic mass is 9.99. The largest absolute Gasteiger partial charge is 0.507 e. The molecule has 0 aliphatic heterocycles. The van der Waals surface area contributed by atoms with Crippen molar-refractivity contribution in [1.82, 2.24) is 10.2 Å². The molecule has 140 valence electrons. The molecule has 0 saturated heterocycles. The first-order chi connectivity index (χ1) is 13.6. The van der Waals surface area contributed by atoms with Gasteiger partial charge in [0.15, 0.2) is 0 Å².